The first-order valence-electron chi connectivity index (χ1n) is 9.82. The second-order valence-electron chi connectivity index (χ2n) is 7.19. The van der Waals surface area contributed by atoms with Crippen molar-refractivity contribution in [2.24, 2.45) is 0 Å². The van der Waals surface area contributed by atoms with Crippen LogP contribution in [0.3, 0.4) is 0 Å². The summed E-state index contributed by atoms with van der Waals surface area (Å²) in [7, 11) is 0. The number of hydrogen-bond acceptors (Lipinski definition) is 5. The van der Waals surface area contributed by atoms with E-state index in [1.807, 2.05) is 6.92 Å². The molecule has 1 heterocycles. The molecule has 1 aromatic rings. The molecule has 3 rings (SSSR count). The van der Waals surface area contributed by atoms with Crippen molar-refractivity contribution in [2.45, 2.75) is 51.0 Å². The molecule has 0 spiro atoms. The topological polar surface area (TPSA) is 93.7 Å². The Morgan fingerprint density at radius 3 is 2.41 bits per heavy atom. The van der Waals surface area contributed by atoms with Gasteiger partial charge in [0.15, 0.2) is 0 Å². The van der Waals surface area contributed by atoms with Crippen LogP contribution < -0.4 is 10.6 Å². The van der Waals surface area contributed by atoms with Gasteiger partial charge in [-0.1, -0.05) is 25.5 Å². The van der Waals surface area contributed by atoms with E-state index in [-0.39, 0.29) is 30.3 Å². The third kappa shape index (κ3) is 4.11. The first-order chi connectivity index (χ1) is 13.9. The van der Waals surface area contributed by atoms with Crippen molar-refractivity contribution in [3.8, 4) is 0 Å². The van der Waals surface area contributed by atoms with Crippen molar-refractivity contribution in [3.63, 3.8) is 0 Å². The summed E-state index contributed by atoms with van der Waals surface area (Å²) in [4.78, 5) is 37.3. The number of esters is 2. The highest BCUT2D eigenvalue weighted by molar-refractivity contribution is 5.95. The third-order valence-electron chi connectivity index (χ3n) is 5.49. The van der Waals surface area contributed by atoms with Gasteiger partial charge in [-0.15, -0.1) is 0 Å². The first kappa shape index (κ1) is 20.8. The zero-order chi connectivity index (χ0) is 21.0. The molecule has 0 aromatic heterocycles. The lowest BCUT2D eigenvalue weighted by Gasteiger charge is -2.40. The van der Waals surface area contributed by atoms with Crippen LogP contribution in [0.4, 0.5) is 9.18 Å². The highest BCUT2D eigenvalue weighted by Crippen LogP contribution is 2.44. The van der Waals surface area contributed by atoms with E-state index in [9.17, 15) is 18.8 Å². The monoisotopic (exact) mass is 404 g/mol. The van der Waals surface area contributed by atoms with Crippen LogP contribution in [-0.2, 0) is 24.5 Å². The smallest absolute Gasteiger partial charge is 0.338 e. The van der Waals surface area contributed by atoms with Crippen LogP contribution >= 0.6 is 0 Å². The summed E-state index contributed by atoms with van der Waals surface area (Å²) in [6.07, 6.45) is 2.56. The largest absolute Gasteiger partial charge is 0.463 e. The molecule has 1 aliphatic carbocycles. The Labute approximate surface area is 168 Å². The van der Waals surface area contributed by atoms with Crippen molar-refractivity contribution < 1.29 is 28.2 Å². The van der Waals surface area contributed by atoms with Gasteiger partial charge in [0.1, 0.15) is 12.4 Å². The molecule has 7 nitrogen and oxygen atoms in total. The minimum atomic E-state index is -0.820. The summed E-state index contributed by atoms with van der Waals surface area (Å²) in [5.41, 5.74) is 0.363. The number of hydrogen-bond donors (Lipinski definition) is 2. The standard InChI is InChI=1S/C21H25FN2O5/c1-3-15-17(18(25)28-4-2)16(24-20(27)23-15)12-29-19(26)21(10-5-11-21)13-6-8-14(22)9-7-13/h6-9,15H,3-5,10-12H2,1-2H3,(H2,23,24,27)/t15-/m1/s1. The lowest BCUT2D eigenvalue weighted by Crippen LogP contribution is -2.51. The Morgan fingerprint density at radius 1 is 1.17 bits per heavy atom. The maximum Gasteiger partial charge on any atom is 0.338 e. The lowest BCUT2D eigenvalue weighted by atomic mass is 9.64. The molecule has 1 atom stereocenters. The average Bonchev–Trinajstić information content (AvgIpc) is 2.66. The molecule has 0 radical (unpaired) electrons. The van der Waals surface area contributed by atoms with Crippen LogP contribution in [0.25, 0.3) is 0 Å². The molecule has 8 heteroatoms. The van der Waals surface area contributed by atoms with Crippen LogP contribution in [0.15, 0.2) is 35.5 Å². The van der Waals surface area contributed by atoms with E-state index >= 15 is 0 Å². The average molecular weight is 404 g/mol. The van der Waals surface area contributed by atoms with Crippen LogP contribution in [0.2, 0.25) is 0 Å². The molecule has 2 aliphatic rings. The molecule has 1 fully saturated rings. The fraction of sp³-hybridized carbons (Fsp3) is 0.476. The number of ether oxygens (including phenoxy) is 2. The van der Waals surface area contributed by atoms with E-state index in [2.05, 4.69) is 10.6 Å². The van der Waals surface area contributed by atoms with Gasteiger partial charge in [0.05, 0.1) is 29.3 Å². The van der Waals surface area contributed by atoms with Crippen molar-refractivity contribution in [1.29, 1.82) is 0 Å². The van der Waals surface area contributed by atoms with Gasteiger partial charge in [-0.2, -0.15) is 0 Å². The van der Waals surface area contributed by atoms with Crippen LogP contribution in [-0.4, -0.2) is 37.2 Å². The number of urea groups is 1. The van der Waals surface area contributed by atoms with Crippen LogP contribution in [0.1, 0.15) is 45.1 Å². The number of halogens is 1. The molecule has 2 amide bonds. The fourth-order valence-corrected chi connectivity index (χ4v) is 3.76. The summed E-state index contributed by atoms with van der Waals surface area (Å²) < 4.78 is 23.9. The van der Waals surface area contributed by atoms with E-state index in [1.54, 1.807) is 19.1 Å². The Hall–Kier alpha value is -2.90. The van der Waals surface area contributed by atoms with Crippen molar-refractivity contribution >= 4 is 18.0 Å². The van der Waals surface area contributed by atoms with Gasteiger partial charge in [-0.05, 0) is 43.9 Å². The highest BCUT2D eigenvalue weighted by atomic mass is 19.1. The number of carbonyl (C=O) groups excluding carboxylic acids is 3. The van der Waals surface area contributed by atoms with Gasteiger partial charge in [0.2, 0.25) is 0 Å². The highest BCUT2D eigenvalue weighted by Gasteiger charge is 2.47. The number of amides is 2. The molecule has 29 heavy (non-hydrogen) atoms. The SMILES string of the molecule is CCOC(=O)C1=C(COC(=O)C2(c3ccc(F)cc3)CCC2)NC(=O)N[C@@H]1CC. The van der Waals surface area contributed by atoms with E-state index in [0.29, 0.717) is 24.8 Å². The Kier molecular flexibility index (Phi) is 6.20. The molecule has 156 valence electrons. The molecule has 0 saturated heterocycles. The molecule has 1 aliphatic heterocycles. The first-order valence-corrected chi connectivity index (χ1v) is 9.82. The Bertz CT molecular complexity index is 830. The van der Waals surface area contributed by atoms with Gasteiger partial charge in [-0.25, -0.2) is 14.0 Å². The van der Waals surface area contributed by atoms with Gasteiger partial charge in [0.25, 0.3) is 0 Å². The summed E-state index contributed by atoms with van der Waals surface area (Å²) in [6, 6.07) is 4.85. The van der Waals surface area contributed by atoms with E-state index in [4.69, 9.17) is 9.47 Å². The van der Waals surface area contributed by atoms with Crippen molar-refractivity contribution in [3.05, 3.63) is 46.9 Å². The Morgan fingerprint density at radius 2 is 1.86 bits per heavy atom. The second kappa shape index (κ2) is 8.63. The zero-order valence-electron chi connectivity index (χ0n) is 16.5. The lowest BCUT2D eigenvalue weighted by molar-refractivity contribution is -0.153. The molecular formula is C21H25FN2O5. The van der Waals surface area contributed by atoms with Gasteiger partial charge < -0.3 is 20.1 Å². The van der Waals surface area contributed by atoms with E-state index < -0.39 is 29.4 Å². The maximum atomic E-state index is 13.3. The fourth-order valence-electron chi connectivity index (χ4n) is 3.76. The van der Waals surface area contributed by atoms with E-state index in [1.165, 1.54) is 12.1 Å². The molecule has 2 N–H and O–H groups in total. The molecular weight excluding hydrogens is 379 g/mol. The van der Waals surface area contributed by atoms with Crippen LogP contribution in [0, 0.1) is 5.82 Å². The summed E-state index contributed by atoms with van der Waals surface area (Å²) in [5.74, 6) is -1.38. The molecule has 1 saturated carbocycles. The minimum Gasteiger partial charge on any atom is -0.463 e. The van der Waals surface area contributed by atoms with Gasteiger partial charge >= 0.3 is 18.0 Å². The molecule has 1 aromatic carbocycles. The van der Waals surface area contributed by atoms with Crippen LogP contribution in [0.5, 0.6) is 0 Å². The normalized spacial score (nSPS) is 20.2. The number of nitrogens with one attached hydrogen (secondary N) is 2. The predicted molar refractivity (Wildman–Crippen MR) is 102 cm³/mol. The summed E-state index contributed by atoms with van der Waals surface area (Å²) in [5, 5.41) is 5.23. The Balaban J connectivity index is 1.81. The third-order valence-corrected chi connectivity index (χ3v) is 5.49. The molecule has 0 bridgehead atoms. The quantitative estimate of drug-likeness (QED) is 0.682. The number of benzene rings is 1. The van der Waals surface area contributed by atoms with Gasteiger partial charge in [0, 0.05) is 0 Å². The predicted octanol–water partition coefficient (Wildman–Crippen LogP) is 2.70. The minimum absolute atomic E-state index is 0.188. The summed E-state index contributed by atoms with van der Waals surface area (Å²) >= 11 is 0. The number of carbonyl (C=O) groups is 3. The van der Waals surface area contributed by atoms with Gasteiger partial charge in [-0.3, -0.25) is 4.79 Å². The van der Waals surface area contributed by atoms with Crippen molar-refractivity contribution in [2.75, 3.05) is 13.2 Å². The second-order valence-corrected chi connectivity index (χ2v) is 7.19. The number of rotatable bonds is 7. The summed E-state index contributed by atoms with van der Waals surface area (Å²) in [6.45, 7) is 3.46. The zero-order valence-corrected chi connectivity index (χ0v) is 16.5. The van der Waals surface area contributed by atoms with E-state index in [0.717, 1.165) is 6.42 Å². The van der Waals surface area contributed by atoms with Crippen molar-refractivity contribution in [1.82, 2.24) is 10.6 Å². The maximum absolute atomic E-state index is 13.3. The molecule has 0 unspecified atom stereocenters.